The molecule has 1 aromatic rings. The topological polar surface area (TPSA) is 52.3 Å². The molecule has 1 aromatic carbocycles. The first kappa shape index (κ1) is 12.0. The van der Waals surface area contributed by atoms with Crippen LogP contribution in [0.25, 0.3) is 0 Å². The molecular weight excluding hydrogens is 214 g/mol. The van der Waals surface area contributed by atoms with Crippen molar-refractivity contribution in [2.24, 2.45) is 5.92 Å². The molecule has 1 saturated carbocycles. The van der Waals surface area contributed by atoms with Crippen molar-refractivity contribution in [3.8, 4) is 0 Å². The zero-order valence-corrected chi connectivity index (χ0v) is 10.2. The zero-order chi connectivity index (χ0) is 12.3. The molecule has 0 aromatic heterocycles. The molecule has 0 radical (unpaired) electrons. The Morgan fingerprint density at radius 1 is 1.18 bits per heavy atom. The maximum atomic E-state index is 11.4. The molecule has 3 nitrogen and oxygen atoms in total. The average Bonchev–Trinajstić information content (AvgIpc) is 2.39. The van der Waals surface area contributed by atoms with E-state index in [0.29, 0.717) is 5.92 Å². The number of esters is 1. The molecule has 0 atom stereocenters. The number of methoxy groups -OCH3 is 1. The first-order valence-electron chi connectivity index (χ1n) is 6.14. The molecule has 0 amide bonds. The number of nitrogens with two attached hydrogens (primary N) is 1. The summed E-state index contributed by atoms with van der Waals surface area (Å²) in [5.41, 5.74) is 7.81. The number of anilines is 1. The van der Waals surface area contributed by atoms with Crippen molar-refractivity contribution in [1.29, 1.82) is 0 Å². The number of rotatable bonds is 2. The predicted octanol–water partition coefficient (Wildman–Crippen LogP) is 2.72. The van der Waals surface area contributed by atoms with Crippen LogP contribution in [0.15, 0.2) is 24.3 Å². The Morgan fingerprint density at radius 2 is 1.76 bits per heavy atom. The minimum atomic E-state index is -0.0549. The summed E-state index contributed by atoms with van der Waals surface area (Å²) in [6, 6.07) is 8.08. The van der Waals surface area contributed by atoms with Gasteiger partial charge < -0.3 is 10.5 Å². The molecule has 1 aliphatic carbocycles. The van der Waals surface area contributed by atoms with Gasteiger partial charge in [-0.1, -0.05) is 12.1 Å². The maximum Gasteiger partial charge on any atom is 0.308 e. The van der Waals surface area contributed by atoms with Crippen LogP contribution < -0.4 is 5.73 Å². The van der Waals surface area contributed by atoms with Crippen molar-refractivity contribution >= 4 is 11.7 Å². The van der Waals surface area contributed by atoms with Gasteiger partial charge in [-0.25, -0.2) is 0 Å². The highest BCUT2D eigenvalue weighted by molar-refractivity contribution is 5.72. The van der Waals surface area contributed by atoms with Crippen molar-refractivity contribution in [2.45, 2.75) is 31.6 Å². The van der Waals surface area contributed by atoms with Gasteiger partial charge in [0.15, 0.2) is 0 Å². The lowest BCUT2D eigenvalue weighted by atomic mass is 9.79. The fourth-order valence-corrected chi connectivity index (χ4v) is 2.60. The number of ether oxygens (including phenoxy) is 1. The number of hydrogen-bond acceptors (Lipinski definition) is 3. The van der Waals surface area contributed by atoms with Crippen LogP contribution in [0.3, 0.4) is 0 Å². The summed E-state index contributed by atoms with van der Waals surface area (Å²) in [4.78, 5) is 11.4. The number of nitrogen functional groups attached to an aromatic ring is 1. The molecule has 17 heavy (non-hydrogen) atoms. The third-order valence-corrected chi connectivity index (χ3v) is 3.67. The highest BCUT2D eigenvalue weighted by atomic mass is 16.5. The second-order valence-electron chi connectivity index (χ2n) is 4.74. The van der Waals surface area contributed by atoms with Crippen LogP contribution in [0.1, 0.15) is 37.2 Å². The quantitative estimate of drug-likeness (QED) is 0.631. The third kappa shape index (κ3) is 2.78. The van der Waals surface area contributed by atoms with Crippen molar-refractivity contribution in [3.63, 3.8) is 0 Å². The second-order valence-corrected chi connectivity index (χ2v) is 4.74. The zero-order valence-electron chi connectivity index (χ0n) is 10.2. The van der Waals surface area contributed by atoms with E-state index in [4.69, 9.17) is 10.5 Å². The van der Waals surface area contributed by atoms with Crippen LogP contribution in [0.2, 0.25) is 0 Å². The molecule has 3 heteroatoms. The van der Waals surface area contributed by atoms with Gasteiger partial charge in [0.1, 0.15) is 0 Å². The van der Waals surface area contributed by atoms with Crippen LogP contribution >= 0.6 is 0 Å². The number of benzene rings is 1. The van der Waals surface area contributed by atoms with E-state index in [1.54, 1.807) is 0 Å². The largest absolute Gasteiger partial charge is 0.469 e. The molecule has 0 bridgehead atoms. The summed E-state index contributed by atoms with van der Waals surface area (Å²) in [7, 11) is 1.47. The van der Waals surface area contributed by atoms with Gasteiger partial charge in [0.25, 0.3) is 0 Å². The molecule has 0 spiro atoms. The highest BCUT2D eigenvalue weighted by Gasteiger charge is 2.27. The van der Waals surface area contributed by atoms with Gasteiger partial charge in [-0.05, 0) is 49.3 Å². The number of hydrogen-bond donors (Lipinski definition) is 1. The molecule has 2 N–H and O–H groups in total. The molecule has 0 heterocycles. The molecule has 92 valence electrons. The Morgan fingerprint density at radius 3 is 2.29 bits per heavy atom. The Hall–Kier alpha value is -1.51. The Balaban J connectivity index is 1.95. The number of carbonyl (C=O) groups is 1. The van der Waals surface area contributed by atoms with Gasteiger partial charge in [0, 0.05) is 5.69 Å². The molecule has 2 rings (SSSR count). The van der Waals surface area contributed by atoms with E-state index in [9.17, 15) is 4.79 Å². The summed E-state index contributed by atoms with van der Waals surface area (Å²) in [5, 5.41) is 0. The van der Waals surface area contributed by atoms with Gasteiger partial charge in [0.2, 0.25) is 0 Å². The van der Waals surface area contributed by atoms with Crippen LogP contribution in [0, 0.1) is 5.92 Å². The van der Waals surface area contributed by atoms with Crippen LogP contribution in [0.4, 0.5) is 5.69 Å². The Kier molecular flexibility index (Phi) is 3.67. The minimum absolute atomic E-state index is 0.0549. The molecule has 1 fully saturated rings. The van der Waals surface area contributed by atoms with E-state index in [1.165, 1.54) is 12.7 Å². The average molecular weight is 233 g/mol. The summed E-state index contributed by atoms with van der Waals surface area (Å²) in [6.45, 7) is 0. The summed E-state index contributed by atoms with van der Waals surface area (Å²) >= 11 is 0. The molecule has 0 aliphatic heterocycles. The predicted molar refractivity (Wildman–Crippen MR) is 67.6 cm³/mol. The van der Waals surface area contributed by atoms with Gasteiger partial charge in [-0.15, -0.1) is 0 Å². The number of carbonyl (C=O) groups excluding carboxylic acids is 1. The van der Waals surface area contributed by atoms with E-state index in [0.717, 1.165) is 31.4 Å². The van der Waals surface area contributed by atoms with Gasteiger partial charge >= 0.3 is 5.97 Å². The summed E-state index contributed by atoms with van der Waals surface area (Å²) < 4.78 is 4.79. The SMILES string of the molecule is COC(=O)C1CCC(c2ccc(N)cc2)CC1. The van der Waals surface area contributed by atoms with E-state index in [2.05, 4.69) is 12.1 Å². The van der Waals surface area contributed by atoms with Gasteiger partial charge in [-0.2, -0.15) is 0 Å². The molecule has 0 unspecified atom stereocenters. The van der Waals surface area contributed by atoms with E-state index >= 15 is 0 Å². The standard InChI is InChI=1S/C14H19NO2/c1-17-14(16)12-4-2-10(3-5-12)11-6-8-13(15)9-7-11/h6-10,12H,2-5,15H2,1H3. The fourth-order valence-electron chi connectivity index (χ4n) is 2.60. The Bertz CT molecular complexity index is 378. The first-order valence-corrected chi connectivity index (χ1v) is 6.14. The van der Waals surface area contributed by atoms with Crippen LogP contribution in [-0.2, 0) is 9.53 Å². The highest BCUT2D eigenvalue weighted by Crippen LogP contribution is 2.36. The van der Waals surface area contributed by atoms with Crippen LogP contribution in [0.5, 0.6) is 0 Å². The lowest BCUT2D eigenvalue weighted by molar-refractivity contribution is -0.146. The van der Waals surface area contributed by atoms with Crippen molar-refractivity contribution in [3.05, 3.63) is 29.8 Å². The van der Waals surface area contributed by atoms with E-state index < -0.39 is 0 Å². The minimum Gasteiger partial charge on any atom is -0.469 e. The third-order valence-electron chi connectivity index (χ3n) is 3.67. The lowest BCUT2D eigenvalue weighted by Crippen LogP contribution is -2.22. The molecule has 1 aliphatic rings. The summed E-state index contributed by atoms with van der Waals surface area (Å²) in [6.07, 6.45) is 3.98. The smallest absolute Gasteiger partial charge is 0.308 e. The normalized spacial score (nSPS) is 24.3. The summed E-state index contributed by atoms with van der Waals surface area (Å²) in [5.74, 6) is 0.613. The fraction of sp³-hybridized carbons (Fsp3) is 0.500. The monoisotopic (exact) mass is 233 g/mol. The van der Waals surface area contributed by atoms with Crippen molar-refractivity contribution < 1.29 is 9.53 Å². The molecular formula is C14H19NO2. The van der Waals surface area contributed by atoms with Gasteiger partial charge in [0.05, 0.1) is 13.0 Å². The van der Waals surface area contributed by atoms with Gasteiger partial charge in [-0.3, -0.25) is 4.79 Å². The molecule has 0 saturated heterocycles. The van der Waals surface area contributed by atoms with E-state index in [-0.39, 0.29) is 11.9 Å². The van der Waals surface area contributed by atoms with Crippen molar-refractivity contribution in [1.82, 2.24) is 0 Å². The first-order chi connectivity index (χ1) is 8.20. The second kappa shape index (κ2) is 5.21. The van der Waals surface area contributed by atoms with Crippen LogP contribution in [-0.4, -0.2) is 13.1 Å². The lowest BCUT2D eigenvalue weighted by Gasteiger charge is -2.27. The van der Waals surface area contributed by atoms with E-state index in [1.807, 2.05) is 12.1 Å². The van der Waals surface area contributed by atoms with Crippen molar-refractivity contribution in [2.75, 3.05) is 12.8 Å². The Labute approximate surface area is 102 Å². The maximum absolute atomic E-state index is 11.4.